The lowest BCUT2D eigenvalue weighted by Crippen LogP contribution is -2.27. The fraction of sp³-hybridized carbons (Fsp3) is 0.300. The van der Waals surface area contributed by atoms with Crippen LogP contribution in [0.3, 0.4) is 0 Å². The Morgan fingerprint density at radius 1 is 1.22 bits per heavy atom. The molecule has 1 aliphatic rings. The van der Waals surface area contributed by atoms with Gasteiger partial charge in [-0.05, 0) is 50.2 Å². The first-order valence-corrected chi connectivity index (χ1v) is 10.3. The highest BCUT2D eigenvalue weighted by Gasteiger charge is 2.22. The summed E-state index contributed by atoms with van der Waals surface area (Å²) >= 11 is 7.56. The van der Waals surface area contributed by atoms with Gasteiger partial charge in [0.15, 0.2) is 0 Å². The van der Waals surface area contributed by atoms with Gasteiger partial charge in [-0.15, -0.1) is 11.3 Å². The molecule has 1 saturated heterocycles. The predicted molar refractivity (Wildman–Crippen MR) is 110 cm³/mol. The zero-order valence-corrected chi connectivity index (χ0v) is 16.4. The average Bonchev–Trinajstić information content (AvgIpc) is 3.33. The number of rotatable bonds is 5. The standard InChI is InChI=1S/C20H21ClN4OS/c21-18-7-6-16(27-18)13-23-19-12-17(14-8-10-22-11-9-14)24-25(19)20(26)15-4-2-1-3-5-15/h1-7,12,14,22-23H,8-11,13H2. The van der Waals surface area contributed by atoms with Crippen LogP contribution in [0.5, 0.6) is 0 Å². The van der Waals surface area contributed by atoms with E-state index in [0.717, 1.165) is 46.7 Å². The van der Waals surface area contributed by atoms with Gasteiger partial charge in [-0.2, -0.15) is 9.78 Å². The molecule has 27 heavy (non-hydrogen) atoms. The molecule has 1 aromatic carbocycles. The van der Waals surface area contributed by atoms with E-state index < -0.39 is 0 Å². The van der Waals surface area contributed by atoms with Gasteiger partial charge in [-0.1, -0.05) is 29.8 Å². The van der Waals surface area contributed by atoms with Crippen molar-refractivity contribution in [3.05, 3.63) is 69.0 Å². The van der Waals surface area contributed by atoms with Crippen LogP contribution in [0, 0.1) is 0 Å². The van der Waals surface area contributed by atoms with Crippen LogP contribution in [0.25, 0.3) is 0 Å². The van der Waals surface area contributed by atoms with Crippen LogP contribution in [0.1, 0.15) is 39.7 Å². The lowest BCUT2D eigenvalue weighted by molar-refractivity contribution is 0.0947. The van der Waals surface area contributed by atoms with Gasteiger partial charge in [0.05, 0.1) is 16.6 Å². The van der Waals surface area contributed by atoms with Gasteiger partial charge in [0.1, 0.15) is 5.82 Å². The van der Waals surface area contributed by atoms with Crippen molar-refractivity contribution in [2.24, 2.45) is 0 Å². The van der Waals surface area contributed by atoms with Crippen molar-refractivity contribution in [3.63, 3.8) is 0 Å². The topological polar surface area (TPSA) is 59.0 Å². The average molecular weight is 401 g/mol. The van der Waals surface area contributed by atoms with Crippen LogP contribution in [0.4, 0.5) is 5.82 Å². The number of aromatic nitrogens is 2. The fourth-order valence-electron chi connectivity index (χ4n) is 3.32. The molecule has 1 aliphatic heterocycles. The lowest BCUT2D eigenvalue weighted by Gasteiger charge is -2.20. The van der Waals surface area contributed by atoms with Crippen molar-refractivity contribution in [3.8, 4) is 0 Å². The highest BCUT2D eigenvalue weighted by Crippen LogP contribution is 2.28. The number of thiophene rings is 1. The van der Waals surface area contributed by atoms with Gasteiger partial charge in [0.25, 0.3) is 5.91 Å². The Hall–Kier alpha value is -2.15. The minimum absolute atomic E-state index is 0.123. The van der Waals surface area contributed by atoms with E-state index in [4.69, 9.17) is 11.6 Å². The Kier molecular flexibility index (Phi) is 5.57. The third-order valence-corrected chi connectivity index (χ3v) is 6.00. The summed E-state index contributed by atoms with van der Waals surface area (Å²) in [7, 11) is 0. The summed E-state index contributed by atoms with van der Waals surface area (Å²) < 4.78 is 2.26. The van der Waals surface area contributed by atoms with Crippen LogP contribution in [-0.4, -0.2) is 28.8 Å². The summed E-state index contributed by atoms with van der Waals surface area (Å²) in [6.07, 6.45) is 2.08. The molecule has 2 aromatic heterocycles. The molecule has 0 amide bonds. The first-order chi connectivity index (χ1) is 13.2. The number of hydrogen-bond donors (Lipinski definition) is 2. The van der Waals surface area contributed by atoms with E-state index in [2.05, 4.69) is 15.7 Å². The molecule has 0 saturated carbocycles. The highest BCUT2D eigenvalue weighted by atomic mass is 35.5. The smallest absolute Gasteiger partial charge is 0.280 e. The van der Waals surface area contributed by atoms with Crippen LogP contribution in [0.15, 0.2) is 48.5 Å². The van der Waals surface area contributed by atoms with Crippen molar-refractivity contribution < 1.29 is 4.79 Å². The number of nitrogens with one attached hydrogen (secondary N) is 2. The lowest BCUT2D eigenvalue weighted by atomic mass is 9.95. The predicted octanol–water partition coefficient (Wildman–Crippen LogP) is 4.37. The van der Waals surface area contributed by atoms with Gasteiger partial charge in [-0.3, -0.25) is 4.79 Å². The van der Waals surface area contributed by atoms with Gasteiger partial charge < -0.3 is 10.6 Å². The number of nitrogens with zero attached hydrogens (tertiary/aromatic N) is 2. The van der Waals surface area contributed by atoms with E-state index in [-0.39, 0.29) is 5.91 Å². The van der Waals surface area contributed by atoms with Gasteiger partial charge in [-0.25, -0.2) is 0 Å². The Balaban J connectivity index is 1.62. The fourth-order valence-corrected chi connectivity index (χ4v) is 4.35. The molecule has 1 fully saturated rings. The van der Waals surface area contributed by atoms with Crippen molar-refractivity contribution in [2.75, 3.05) is 18.4 Å². The Morgan fingerprint density at radius 2 is 2.00 bits per heavy atom. The van der Waals surface area contributed by atoms with E-state index in [0.29, 0.717) is 18.0 Å². The van der Waals surface area contributed by atoms with Gasteiger partial charge >= 0.3 is 0 Å². The van der Waals surface area contributed by atoms with E-state index >= 15 is 0 Å². The van der Waals surface area contributed by atoms with Crippen molar-refractivity contribution in [1.29, 1.82) is 0 Å². The number of carbonyl (C=O) groups is 1. The third-order valence-electron chi connectivity index (χ3n) is 4.77. The summed E-state index contributed by atoms with van der Waals surface area (Å²) in [4.78, 5) is 14.1. The summed E-state index contributed by atoms with van der Waals surface area (Å²) in [5.41, 5.74) is 1.60. The Morgan fingerprint density at radius 3 is 2.70 bits per heavy atom. The molecule has 3 aromatic rings. The first kappa shape index (κ1) is 18.2. The largest absolute Gasteiger partial charge is 0.365 e. The number of anilines is 1. The number of benzene rings is 1. The van der Waals surface area contributed by atoms with E-state index in [9.17, 15) is 4.79 Å². The maximum absolute atomic E-state index is 13.0. The molecule has 4 rings (SSSR count). The van der Waals surface area contributed by atoms with E-state index in [1.807, 2.05) is 48.5 Å². The Bertz CT molecular complexity index is 915. The third kappa shape index (κ3) is 4.24. The molecule has 0 unspecified atom stereocenters. The molecule has 0 aliphatic carbocycles. The molecule has 7 heteroatoms. The number of piperidine rings is 1. The second-order valence-corrected chi connectivity index (χ2v) is 8.42. The zero-order valence-electron chi connectivity index (χ0n) is 14.8. The van der Waals surface area contributed by atoms with Crippen molar-refractivity contribution >= 4 is 34.7 Å². The molecule has 5 nitrogen and oxygen atoms in total. The molecular weight excluding hydrogens is 380 g/mol. The number of hydrogen-bond acceptors (Lipinski definition) is 5. The summed E-state index contributed by atoms with van der Waals surface area (Å²) in [5.74, 6) is 0.984. The Labute approximate surface area is 167 Å². The maximum atomic E-state index is 13.0. The van der Waals surface area contributed by atoms with Crippen LogP contribution in [-0.2, 0) is 6.54 Å². The summed E-state index contributed by atoms with van der Waals surface area (Å²) in [6.45, 7) is 2.58. The van der Waals surface area contributed by atoms with Crippen LogP contribution < -0.4 is 10.6 Å². The quantitative estimate of drug-likeness (QED) is 0.667. The van der Waals surface area contributed by atoms with Crippen molar-refractivity contribution in [2.45, 2.75) is 25.3 Å². The van der Waals surface area contributed by atoms with Crippen LogP contribution >= 0.6 is 22.9 Å². The van der Waals surface area contributed by atoms with Crippen LogP contribution in [0.2, 0.25) is 4.34 Å². The molecule has 3 heterocycles. The number of halogens is 1. The van der Waals surface area contributed by atoms with E-state index in [1.54, 1.807) is 0 Å². The maximum Gasteiger partial charge on any atom is 0.280 e. The SMILES string of the molecule is O=C(c1ccccc1)n1nc(C2CCNCC2)cc1NCc1ccc(Cl)s1. The minimum atomic E-state index is -0.123. The molecule has 0 radical (unpaired) electrons. The number of carbonyl (C=O) groups excluding carboxylic acids is 1. The molecule has 0 atom stereocenters. The van der Waals surface area contributed by atoms with E-state index in [1.165, 1.54) is 16.0 Å². The monoisotopic (exact) mass is 400 g/mol. The van der Waals surface area contributed by atoms with Gasteiger partial charge in [0, 0.05) is 22.4 Å². The second-order valence-electron chi connectivity index (χ2n) is 6.62. The molecule has 2 N–H and O–H groups in total. The first-order valence-electron chi connectivity index (χ1n) is 9.09. The normalized spacial score (nSPS) is 15.0. The minimum Gasteiger partial charge on any atom is -0.365 e. The zero-order chi connectivity index (χ0) is 18.6. The van der Waals surface area contributed by atoms with Crippen molar-refractivity contribution in [1.82, 2.24) is 15.1 Å². The highest BCUT2D eigenvalue weighted by molar-refractivity contribution is 7.16. The second kappa shape index (κ2) is 8.25. The molecule has 0 spiro atoms. The molecule has 140 valence electrons. The summed E-state index contributed by atoms with van der Waals surface area (Å²) in [6, 6.07) is 15.2. The summed E-state index contributed by atoms with van der Waals surface area (Å²) in [5, 5.41) is 11.4. The molecule has 0 bridgehead atoms. The molecular formula is C20H21ClN4OS. The van der Waals surface area contributed by atoms with Gasteiger partial charge in [0.2, 0.25) is 0 Å².